The van der Waals surface area contributed by atoms with Crippen LogP contribution in [0.5, 0.6) is 5.75 Å². The van der Waals surface area contributed by atoms with Gasteiger partial charge in [-0.2, -0.15) is 0 Å². The molecule has 0 saturated carbocycles. The van der Waals surface area contributed by atoms with E-state index in [9.17, 15) is 19.6 Å². The smallest absolute Gasteiger partial charge is 0.288 e. The summed E-state index contributed by atoms with van der Waals surface area (Å²) in [6.45, 7) is 1.81. The first-order valence-corrected chi connectivity index (χ1v) is 10.1. The number of hydrogen-bond acceptors (Lipinski definition) is 7. The van der Waals surface area contributed by atoms with Gasteiger partial charge in [-0.05, 0) is 24.6 Å². The molecular formula is C21H28N4O6. The number of hydroxylamine groups is 2. The van der Waals surface area contributed by atoms with Crippen LogP contribution in [-0.4, -0.2) is 53.8 Å². The number of carbonyl (C=O) groups excluding carboxylic acids is 3. The molecule has 10 heteroatoms. The van der Waals surface area contributed by atoms with Gasteiger partial charge in [0, 0.05) is 12.3 Å². The molecular weight excluding hydrogens is 404 g/mol. The molecule has 0 radical (unpaired) electrons. The van der Waals surface area contributed by atoms with E-state index < -0.39 is 11.8 Å². The minimum Gasteiger partial charge on any atom is -0.497 e. The van der Waals surface area contributed by atoms with Crippen molar-refractivity contribution in [3.05, 3.63) is 36.2 Å². The second kappa shape index (κ2) is 12.3. The average molecular weight is 432 g/mol. The number of amides is 3. The number of aromatic nitrogens is 1. The molecule has 31 heavy (non-hydrogen) atoms. The average Bonchev–Trinajstić information content (AvgIpc) is 3.28. The lowest BCUT2D eigenvalue weighted by atomic mass is 10.0. The summed E-state index contributed by atoms with van der Waals surface area (Å²) in [7, 11) is 1.54. The highest BCUT2D eigenvalue weighted by atomic mass is 16.5. The number of methoxy groups -OCH3 is 1. The molecule has 1 atom stereocenters. The molecule has 2 aromatic rings. The predicted octanol–water partition coefficient (Wildman–Crippen LogP) is 2.20. The van der Waals surface area contributed by atoms with Crippen molar-refractivity contribution < 1.29 is 28.7 Å². The standard InChI is InChI=1S/C21H28N4O6/c1-3-4-5-6-15(12-25(29)14-26)20(27)23-13-24-21(28)19-8-7-18(31-19)17-11-16(30-2)9-10-22-17/h7-11,14-15,29H,3-6,12-13H2,1-2H3,(H,23,27)(H,24,28). The maximum absolute atomic E-state index is 12.4. The summed E-state index contributed by atoms with van der Waals surface area (Å²) in [4.78, 5) is 39.5. The fraction of sp³-hybridized carbons (Fsp3) is 0.429. The molecule has 0 bridgehead atoms. The molecule has 0 spiro atoms. The maximum Gasteiger partial charge on any atom is 0.288 e. The minimum atomic E-state index is -0.576. The number of ether oxygens (including phenoxy) is 1. The Morgan fingerprint density at radius 3 is 2.81 bits per heavy atom. The summed E-state index contributed by atoms with van der Waals surface area (Å²) in [6.07, 6.45) is 5.07. The third-order valence-electron chi connectivity index (χ3n) is 4.62. The molecule has 2 rings (SSSR count). The van der Waals surface area contributed by atoms with Crippen LogP contribution in [0.15, 0.2) is 34.9 Å². The Morgan fingerprint density at radius 1 is 1.29 bits per heavy atom. The Balaban J connectivity index is 1.89. The molecule has 168 valence electrons. The quantitative estimate of drug-likeness (QED) is 0.145. The molecule has 0 saturated heterocycles. The van der Waals surface area contributed by atoms with Gasteiger partial charge in [0.05, 0.1) is 26.2 Å². The first kappa shape index (κ1) is 23.9. The van der Waals surface area contributed by atoms with Crippen molar-refractivity contribution in [2.24, 2.45) is 5.92 Å². The number of nitrogens with zero attached hydrogens (tertiary/aromatic N) is 2. The fourth-order valence-electron chi connectivity index (χ4n) is 2.93. The first-order chi connectivity index (χ1) is 15.0. The Kier molecular flexibility index (Phi) is 9.50. The maximum atomic E-state index is 12.4. The van der Waals surface area contributed by atoms with Crippen molar-refractivity contribution >= 4 is 18.2 Å². The van der Waals surface area contributed by atoms with Crippen LogP contribution in [0.4, 0.5) is 0 Å². The highest BCUT2D eigenvalue weighted by Crippen LogP contribution is 2.23. The van der Waals surface area contributed by atoms with Crippen molar-refractivity contribution in [3.8, 4) is 17.2 Å². The fourth-order valence-corrected chi connectivity index (χ4v) is 2.93. The third kappa shape index (κ3) is 7.41. The van der Waals surface area contributed by atoms with Gasteiger partial charge >= 0.3 is 0 Å². The van der Waals surface area contributed by atoms with Gasteiger partial charge in [-0.3, -0.25) is 24.6 Å². The molecule has 1 unspecified atom stereocenters. The lowest BCUT2D eigenvalue weighted by Crippen LogP contribution is -2.42. The van der Waals surface area contributed by atoms with Crippen LogP contribution in [0.25, 0.3) is 11.5 Å². The Labute approximate surface area is 180 Å². The van der Waals surface area contributed by atoms with Crippen molar-refractivity contribution in [2.45, 2.75) is 32.6 Å². The van der Waals surface area contributed by atoms with E-state index in [1.807, 2.05) is 6.92 Å². The molecule has 2 aromatic heterocycles. The molecule has 0 aromatic carbocycles. The third-order valence-corrected chi connectivity index (χ3v) is 4.62. The molecule has 0 fully saturated rings. The molecule has 0 aliphatic heterocycles. The summed E-state index contributed by atoms with van der Waals surface area (Å²) in [5.41, 5.74) is 0.519. The Morgan fingerprint density at radius 2 is 2.10 bits per heavy atom. The van der Waals surface area contributed by atoms with E-state index in [0.29, 0.717) is 28.7 Å². The number of pyridine rings is 1. The Hall–Kier alpha value is -3.40. The second-order valence-corrected chi connectivity index (χ2v) is 6.89. The second-order valence-electron chi connectivity index (χ2n) is 6.89. The molecule has 2 heterocycles. The predicted molar refractivity (Wildman–Crippen MR) is 111 cm³/mol. The van der Waals surface area contributed by atoms with Crippen LogP contribution >= 0.6 is 0 Å². The lowest BCUT2D eigenvalue weighted by Gasteiger charge is -2.19. The van der Waals surface area contributed by atoms with E-state index in [2.05, 4.69) is 15.6 Å². The molecule has 0 aliphatic carbocycles. The van der Waals surface area contributed by atoms with Gasteiger partial charge in [0.25, 0.3) is 5.91 Å². The van der Waals surface area contributed by atoms with Crippen LogP contribution in [0.3, 0.4) is 0 Å². The molecule has 3 N–H and O–H groups in total. The van der Waals surface area contributed by atoms with E-state index >= 15 is 0 Å². The highest BCUT2D eigenvalue weighted by Gasteiger charge is 2.21. The zero-order valence-electron chi connectivity index (χ0n) is 17.7. The number of unbranched alkanes of at least 4 members (excludes halogenated alkanes) is 2. The van der Waals surface area contributed by atoms with E-state index in [4.69, 9.17) is 9.15 Å². The van der Waals surface area contributed by atoms with Crippen molar-refractivity contribution in [2.75, 3.05) is 20.3 Å². The number of rotatable bonds is 13. The zero-order valence-corrected chi connectivity index (χ0v) is 17.7. The molecule has 10 nitrogen and oxygen atoms in total. The normalized spacial score (nSPS) is 11.5. The summed E-state index contributed by atoms with van der Waals surface area (Å²) in [6, 6.07) is 6.51. The highest BCUT2D eigenvalue weighted by molar-refractivity contribution is 5.92. The number of furan rings is 1. The van der Waals surface area contributed by atoms with E-state index in [1.54, 1.807) is 31.5 Å². The number of nitrogens with one attached hydrogen (secondary N) is 2. The summed E-state index contributed by atoms with van der Waals surface area (Å²) >= 11 is 0. The molecule has 3 amide bonds. The van der Waals surface area contributed by atoms with Crippen LogP contribution in [-0.2, 0) is 9.59 Å². The Bertz CT molecular complexity index is 869. The van der Waals surface area contributed by atoms with Gasteiger partial charge in [0.2, 0.25) is 12.3 Å². The van der Waals surface area contributed by atoms with Gasteiger partial charge in [-0.15, -0.1) is 0 Å². The van der Waals surface area contributed by atoms with E-state index in [1.165, 1.54) is 6.07 Å². The monoisotopic (exact) mass is 432 g/mol. The number of hydrogen-bond donors (Lipinski definition) is 3. The largest absolute Gasteiger partial charge is 0.497 e. The lowest BCUT2D eigenvalue weighted by molar-refractivity contribution is -0.154. The SMILES string of the molecule is CCCCCC(CN(O)C=O)C(=O)NCNC(=O)c1ccc(-c2cc(OC)ccn2)o1. The topological polar surface area (TPSA) is 134 Å². The van der Waals surface area contributed by atoms with Crippen LogP contribution in [0, 0.1) is 5.92 Å². The van der Waals surface area contributed by atoms with Gasteiger partial charge < -0.3 is 19.8 Å². The van der Waals surface area contributed by atoms with Crippen molar-refractivity contribution in [3.63, 3.8) is 0 Å². The van der Waals surface area contributed by atoms with E-state index in [-0.39, 0.29) is 31.3 Å². The van der Waals surface area contributed by atoms with E-state index in [0.717, 1.165) is 19.3 Å². The van der Waals surface area contributed by atoms with Crippen LogP contribution < -0.4 is 15.4 Å². The van der Waals surface area contributed by atoms with Gasteiger partial charge in [-0.25, -0.2) is 5.06 Å². The summed E-state index contributed by atoms with van der Waals surface area (Å²) in [5, 5.41) is 15.0. The van der Waals surface area contributed by atoms with Crippen molar-refractivity contribution in [1.82, 2.24) is 20.7 Å². The minimum absolute atomic E-state index is 0.0656. The number of carbonyl (C=O) groups is 3. The van der Waals surface area contributed by atoms with Crippen molar-refractivity contribution in [1.29, 1.82) is 0 Å². The summed E-state index contributed by atoms with van der Waals surface area (Å²) in [5.74, 6) is -0.365. The van der Waals surface area contributed by atoms with Gasteiger partial charge in [0.1, 0.15) is 11.4 Å². The summed E-state index contributed by atoms with van der Waals surface area (Å²) < 4.78 is 10.7. The van der Waals surface area contributed by atoms with Gasteiger partial charge in [0.15, 0.2) is 11.5 Å². The van der Waals surface area contributed by atoms with Crippen LogP contribution in [0.1, 0.15) is 43.2 Å². The van der Waals surface area contributed by atoms with Gasteiger partial charge in [-0.1, -0.05) is 26.2 Å². The van der Waals surface area contributed by atoms with Crippen LogP contribution in [0.2, 0.25) is 0 Å². The zero-order chi connectivity index (χ0) is 22.6. The first-order valence-electron chi connectivity index (χ1n) is 10.1. The molecule has 0 aliphatic rings.